The number of hydrogen-bond acceptors (Lipinski definition) is 4. The lowest BCUT2D eigenvalue weighted by atomic mass is 9.92. The van der Waals surface area contributed by atoms with E-state index in [1.807, 2.05) is 19.1 Å². The number of nitrogens with one attached hydrogen (secondary N) is 1. The molecule has 0 aliphatic carbocycles. The van der Waals surface area contributed by atoms with Gasteiger partial charge in [-0.1, -0.05) is 12.1 Å². The van der Waals surface area contributed by atoms with Gasteiger partial charge in [-0.25, -0.2) is 0 Å². The molecule has 0 spiro atoms. The number of benzene rings is 2. The second kappa shape index (κ2) is 9.17. The number of alkyl halides is 3. The Morgan fingerprint density at radius 3 is 2.65 bits per heavy atom. The standard InChI is InChI=1S/C25H23F3N4O2/c1-15-5-6-16(24(34)31-19-4-2-3-18(12-19)25(26,27)28)11-21(15)17-8-10-32(14-17)20-7-9-30-22(13-20)23(29)33/h2-7,9,11-13,17H,8,10,14H2,1H3,(H2,29,33)(H,31,34)/t17-/m1/s1. The van der Waals surface area contributed by atoms with Gasteiger partial charge >= 0.3 is 6.18 Å². The van der Waals surface area contributed by atoms with Crippen molar-refractivity contribution in [2.75, 3.05) is 23.3 Å². The molecule has 6 nitrogen and oxygen atoms in total. The van der Waals surface area contributed by atoms with E-state index in [-0.39, 0.29) is 17.3 Å². The van der Waals surface area contributed by atoms with E-state index in [1.165, 1.54) is 12.1 Å². The van der Waals surface area contributed by atoms with Gasteiger partial charge in [0.05, 0.1) is 5.56 Å². The smallest absolute Gasteiger partial charge is 0.371 e. The van der Waals surface area contributed by atoms with Crippen molar-refractivity contribution in [1.29, 1.82) is 0 Å². The number of nitrogens with zero attached hydrogens (tertiary/aromatic N) is 2. The van der Waals surface area contributed by atoms with Gasteiger partial charge < -0.3 is 16.0 Å². The number of anilines is 2. The summed E-state index contributed by atoms with van der Waals surface area (Å²) in [6, 6.07) is 13.3. The molecule has 1 saturated heterocycles. The molecule has 0 unspecified atom stereocenters. The van der Waals surface area contributed by atoms with Gasteiger partial charge in [0.15, 0.2) is 0 Å². The van der Waals surface area contributed by atoms with Gasteiger partial charge in [-0.05, 0) is 66.9 Å². The van der Waals surface area contributed by atoms with Crippen molar-refractivity contribution < 1.29 is 22.8 Å². The summed E-state index contributed by atoms with van der Waals surface area (Å²) in [5.41, 5.74) is 8.04. The minimum atomic E-state index is -4.49. The lowest BCUT2D eigenvalue weighted by Gasteiger charge is -2.20. The monoisotopic (exact) mass is 468 g/mol. The van der Waals surface area contributed by atoms with Crippen molar-refractivity contribution in [2.24, 2.45) is 5.73 Å². The van der Waals surface area contributed by atoms with Crippen LogP contribution < -0.4 is 16.0 Å². The highest BCUT2D eigenvalue weighted by Gasteiger charge is 2.30. The van der Waals surface area contributed by atoms with Crippen LogP contribution in [-0.4, -0.2) is 29.9 Å². The quantitative estimate of drug-likeness (QED) is 0.566. The number of rotatable bonds is 5. The largest absolute Gasteiger partial charge is 0.416 e. The molecule has 9 heteroatoms. The van der Waals surface area contributed by atoms with Gasteiger partial charge in [-0.2, -0.15) is 13.2 Å². The molecule has 0 radical (unpaired) electrons. The zero-order valence-corrected chi connectivity index (χ0v) is 18.4. The second-order valence-electron chi connectivity index (χ2n) is 8.30. The van der Waals surface area contributed by atoms with Crippen LogP contribution in [0.5, 0.6) is 0 Å². The first-order valence-electron chi connectivity index (χ1n) is 10.7. The number of amides is 2. The molecule has 1 aromatic heterocycles. The Bertz CT molecular complexity index is 1240. The summed E-state index contributed by atoms with van der Waals surface area (Å²) < 4.78 is 38.9. The molecule has 3 N–H and O–H groups in total. The van der Waals surface area contributed by atoms with Crippen LogP contribution in [0.2, 0.25) is 0 Å². The maximum Gasteiger partial charge on any atom is 0.416 e. The Morgan fingerprint density at radius 1 is 1.12 bits per heavy atom. The predicted octanol–water partition coefficient (Wildman–Crippen LogP) is 4.75. The highest BCUT2D eigenvalue weighted by Crippen LogP contribution is 2.34. The van der Waals surface area contributed by atoms with Crippen molar-refractivity contribution in [3.63, 3.8) is 0 Å². The summed E-state index contributed by atoms with van der Waals surface area (Å²) in [5, 5.41) is 2.56. The molecule has 1 fully saturated rings. The van der Waals surface area contributed by atoms with Crippen molar-refractivity contribution in [3.05, 3.63) is 88.7 Å². The fraction of sp³-hybridized carbons (Fsp3) is 0.240. The fourth-order valence-corrected chi connectivity index (χ4v) is 4.20. The van der Waals surface area contributed by atoms with E-state index in [1.54, 1.807) is 24.4 Å². The number of nitrogens with two attached hydrogens (primary N) is 1. The molecule has 3 aromatic rings. The van der Waals surface area contributed by atoms with E-state index in [9.17, 15) is 22.8 Å². The van der Waals surface area contributed by atoms with Gasteiger partial charge in [-0.15, -0.1) is 0 Å². The maximum atomic E-state index is 13.0. The van der Waals surface area contributed by atoms with Crippen LogP contribution in [0, 0.1) is 6.92 Å². The molecule has 2 aromatic carbocycles. The van der Waals surface area contributed by atoms with Crippen LogP contribution in [0.4, 0.5) is 24.5 Å². The molecule has 0 saturated carbocycles. The lowest BCUT2D eigenvalue weighted by Crippen LogP contribution is -2.21. The van der Waals surface area contributed by atoms with Crippen LogP contribution in [0.25, 0.3) is 0 Å². The first-order chi connectivity index (χ1) is 16.1. The summed E-state index contributed by atoms with van der Waals surface area (Å²) >= 11 is 0. The van der Waals surface area contributed by atoms with Gasteiger partial charge in [0.25, 0.3) is 11.8 Å². The summed E-state index contributed by atoms with van der Waals surface area (Å²) in [4.78, 5) is 30.3. The maximum absolute atomic E-state index is 13.0. The topological polar surface area (TPSA) is 88.3 Å². The summed E-state index contributed by atoms with van der Waals surface area (Å²) in [6.45, 7) is 3.40. The third kappa shape index (κ3) is 5.03. The van der Waals surface area contributed by atoms with Crippen molar-refractivity contribution in [3.8, 4) is 0 Å². The number of pyridine rings is 1. The highest BCUT2D eigenvalue weighted by molar-refractivity contribution is 6.04. The van der Waals surface area contributed by atoms with Gasteiger partial charge in [0.2, 0.25) is 0 Å². The second-order valence-corrected chi connectivity index (χ2v) is 8.30. The molecular formula is C25H23F3N4O2. The average molecular weight is 468 g/mol. The van der Waals surface area contributed by atoms with Crippen molar-refractivity contribution >= 4 is 23.2 Å². The Hall–Kier alpha value is -3.88. The van der Waals surface area contributed by atoms with Crippen LogP contribution in [0.3, 0.4) is 0 Å². The molecule has 176 valence electrons. The Balaban J connectivity index is 1.51. The molecule has 2 heterocycles. The predicted molar refractivity (Wildman–Crippen MR) is 123 cm³/mol. The number of halogens is 3. The van der Waals surface area contributed by atoms with Crippen molar-refractivity contribution in [1.82, 2.24) is 4.98 Å². The molecule has 1 atom stereocenters. The molecule has 4 rings (SSSR count). The third-order valence-electron chi connectivity index (χ3n) is 5.98. The van der Waals surface area contributed by atoms with E-state index in [4.69, 9.17) is 5.73 Å². The SMILES string of the molecule is Cc1ccc(C(=O)Nc2cccc(C(F)(F)F)c2)cc1[C@@H]1CCN(c2ccnc(C(N)=O)c2)C1. The van der Waals surface area contributed by atoms with Gasteiger partial charge in [0, 0.05) is 42.1 Å². The van der Waals surface area contributed by atoms with E-state index < -0.39 is 23.6 Å². The van der Waals surface area contributed by atoms with Crippen LogP contribution in [-0.2, 0) is 6.18 Å². The summed E-state index contributed by atoms with van der Waals surface area (Å²) in [5.74, 6) is -0.921. The number of carbonyl (C=O) groups excluding carboxylic acids is 2. The van der Waals surface area contributed by atoms with Crippen LogP contribution >= 0.6 is 0 Å². The summed E-state index contributed by atoms with van der Waals surface area (Å²) in [6.07, 6.45) is -2.10. The lowest BCUT2D eigenvalue weighted by molar-refractivity contribution is -0.137. The van der Waals surface area contributed by atoms with Gasteiger partial charge in [0.1, 0.15) is 5.69 Å². The van der Waals surface area contributed by atoms with E-state index in [0.29, 0.717) is 12.1 Å². The molecule has 0 bridgehead atoms. The Labute approximate surface area is 194 Å². The zero-order chi connectivity index (χ0) is 24.5. The van der Waals surface area contributed by atoms with Crippen molar-refractivity contribution in [2.45, 2.75) is 25.4 Å². The first-order valence-corrected chi connectivity index (χ1v) is 10.7. The number of hydrogen-bond donors (Lipinski definition) is 2. The number of aromatic nitrogens is 1. The van der Waals surface area contributed by atoms with E-state index in [0.717, 1.165) is 41.9 Å². The summed E-state index contributed by atoms with van der Waals surface area (Å²) in [7, 11) is 0. The number of carbonyl (C=O) groups is 2. The Kier molecular flexibility index (Phi) is 6.28. The molecule has 1 aliphatic heterocycles. The number of primary amides is 1. The third-order valence-corrected chi connectivity index (χ3v) is 5.98. The molecule has 34 heavy (non-hydrogen) atoms. The van der Waals surface area contributed by atoms with Crippen LogP contribution in [0.15, 0.2) is 60.8 Å². The zero-order valence-electron chi connectivity index (χ0n) is 18.4. The molecule has 2 amide bonds. The molecular weight excluding hydrogens is 445 g/mol. The number of aryl methyl sites for hydroxylation is 1. The van der Waals surface area contributed by atoms with E-state index in [2.05, 4.69) is 15.2 Å². The average Bonchev–Trinajstić information content (AvgIpc) is 3.29. The minimum Gasteiger partial charge on any atom is -0.371 e. The highest BCUT2D eigenvalue weighted by atomic mass is 19.4. The van der Waals surface area contributed by atoms with Gasteiger partial charge in [-0.3, -0.25) is 14.6 Å². The minimum absolute atomic E-state index is 0.0805. The molecule has 1 aliphatic rings. The normalized spacial score (nSPS) is 15.9. The Morgan fingerprint density at radius 2 is 1.91 bits per heavy atom. The van der Waals surface area contributed by atoms with Crippen LogP contribution in [0.1, 0.15) is 49.9 Å². The van der Waals surface area contributed by atoms with E-state index >= 15 is 0 Å². The fourth-order valence-electron chi connectivity index (χ4n) is 4.20. The first kappa shape index (κ1) is 23.3.